The summed E-state index contributed by atoms with van der Waals surface area (Å²) in [6.07, 6.45) is 1.68. The molecule has 1 fully saturated rings. The van der Waals surface area contributed by atoms with Crippen LogP contribution in [0.1, 0.15) is 13.8 Å². The van der Waals surface area contributed by atoms with Gasteiger partial charge in [0.25, 0.3) is 0 Å². The van der Waals surface area contributed by atoms with E-state index in [0.717, 1.165) is 43.0 Å². The first-order valence-electron chi connectivity index (χ1n) is 7.45. The number of aromatic nitrogens is 1. The lowest BCUT2D eigenvalue weighted by molar-refractivity contribution is 0.0944. The van der Waals surface area contributed by atoms with Crippen molar-refractivity contribution in [3.63, 3.8) is 0 Å². The van der Waals surface area contributed by atoms with E-state index in [0.29, 0.717) is 17.0 Å². The summed E-state index contributed by atoms with van der Waals surface area (Å²) in [6.45, 7) is 10.0. The van der Waals surface area contributed by atoms with E-state index in [4.69, 9.17) is 11.6 Å². The lowest BCUT2D eigenvalue weighted by Gasteiger charge is -2.40. The first kappa shape index (κ1) is 17.0. The second-order valence-corrected chi connectivity index (χ2v) is 7.31. The summed E-state index contributed by atoms with van der Waals surface area (Å²) in [5.74, 6) is 1.46. The fraction of sp³-hybridized carbons (Fsp3) is 0.667. The normalized spacial score (nSPS) is 19.0. The molecule has 0 aromatic carbocycles. The van der Waals surface area contributed by atoms with Crippen LogP contribution in [-0.4, -0.2) is 60.6 Å². The molecule has 0 radical (unpaired) electrons. The lowest BCUT2D eigenvalue weighted by atomic mass is 10.0. The molecule has 1 aromatic rings. The number of halogens is 2. The molecule has 2 heterocycles. The summed E-state index contributed by atoms with van der Waals surface area (Å²) >= 11 is 9.44. The lowest BCUT2D eigenvalue weighted by Crippen LogP contribution is -2.52. The minimum Gasteiger partial charge on any atom is -0.368 e. The highest BCUT2D eigenvalue weighted by molar-refractivity contribution is 9.10. The highest BCUT2D eigenvalue weighted by Gasteiger charge is 2.25. The minimum absolute atomic E-state index is 0.517. The number of nitrogens with zero attached hydrogens (tertiary/aromatic N) is 3. The first-order valence-corrected chi connectivity index (χ1v) is 8.62. The SMILES string of the molecule is CC(C)C(CNc1ncc(Cl)cc1Br)N1CCN(C)CC1. The van der Waals surface area contributed by atoms with Crippen LogP contribution in [0.25, 0.3) is 0 Å². The molecule has 1 N–H and O–H groups in total. The summed E-state index contributed by atoms with van der Waals surface area (Å²) in [4.78, 5) is 9.32. The predicted octanol–water partition coefficient (Wildman–Crippen LogP) is 3.18. The Morgan fingerprint density at radius 2 is 2.00 bits per heavy atom. The van der Waals surface area contributed by atoms with Crippen molar-refractivity contribution < 1.29 is 0 Å². The maximum atomic E-state index is 5.93. The van der Waals surface area contributed by atoms with Gasteiger partial charge in [-0.25, -0.2) is 4.98 Å². The van der Waals surface area contributed by atoms with Crippen molar-refractivity contribution in [3.8, 4) is 0 Å². The zero-order valence-corrected chi connectivity index (χ0v) is 15.3. The second-order valence-electron chi connectivity index (χ2n) is 6.02. The number of likely N-dealkylation sites (N-methyl/N-ethyl adjacent to an activating group) is 1. The van der Waals surface area contributed by atoms with Crippen LogP contribution >= 0.6 is 27.5 Å². The molecule has 0 amide bonds. The molecule has 21 heavy (non-hydrogen) atoms. The summed E-state index contributed by atoms with van der Waals surface area (Å²) < 4.78 is 0.913. The Kier molecular flexibility index (Phi) is 6.29. The molecule has 1 aromatic heterocycles. The Labute approximate surface area is 141 Å². The van der Waals surface area contributed by atoms with Gasteiger partial charge in [-0.3, -0.25) is 4.90 Å². The summed E-state index contributed by atoms with van der Waals surface area (Å²) in [5, 5.41) is 4.10. The van der Waals surface area contributed by atoms with Gasteiger partial charge in [-0.1, -0.05) is 25.4 Å². The number of nitrogens with one attached hydrogen (secondary N) is 1. The molecule has 118 valence electrons. The van der Waals surface area contributed by atoms with Crippen LogP contribution in [0.2, 0.25) is 5.02 Å². The summed E-state index contributed by atoms with van der Waals surface area (Å²) in [6, 6.07) is 2.39. The maximum Gasteiger partial charge on any atom is 0.140 e. The maximum absolute atomic E-state index is 5.93. The zero-order chi connectivity index (χ0) is 15.4. The number of hydrogen-bond donors (Lipinski definition) is 1. The molecule has 0 bridgehead atoms. The van der Waals surface area contributed by atoms with Crippen molar-refractivity contribution in [2.75, 3.05) is 45.1 Å². The number of pyridine rings is 1. The molecule has 0 saturated carbocycles. The fourth-order valence-electron chi connectivity index (χ4n) is 2.69. The van der Waals surface area contributed by atoms with Gasteiger partial charge in [-0.15, -0.1) is 0 Å². The molecule has 0 aliphatic carbocycles. The number of piperazine rings is 1. The number of anilines is 1. The van der Waals surface area contributed by atoms with E-state index in [2.05, 4.69) is 56.9 Å². The van der Waals surface area contributed by atoms with Crippen LogP contribution in [0.15, 0.2) is 16.7 Å². The van der Waals surface area contributed by atoms with Gasteiger partial charge >= 0.3 is 0 Å². The van der Waals surface area contributed by atoms with Crippen LogP contribution in [0.3, 0.4) is 0 Å². The quantitative estimate of drug-likeness (QED) is 0.856. The summed E-state index contributed by atoms with van der Waals surface area (Å²) in [5.41, 5.74) is 0. The van der Waals surface area contributed by atoms with Crippen LogP contribution in [0, 0.1) is 5.92 Å². The topological polar surface area (TPSA) is 31.4 Å². The molecule has 1 saturated heterocycles. The van der Waals surface area contributed by atoms with Crippen LogP contribution in [0.4, 0.5) is 5.82 Å². The molecule has 2 rings (SSSR count). The third-order valence-corrected chi connectivity index (χ3v) is 4.87. The molecule has 0 spiro atoms. The van der Waals surface area contributed by atoms with E-state index in [1.165, 1.54) is 0 Å². The summed E-state index contributed by atoms with van der Waals surface area (Å²) in [7, 11) is 2.19. The van der Waals surface area contributed by atoms with Gasteiger partial charge < -0.3 is 10.2 Å². The molecule has 1 aliphatic rings. The van der Waals surface area contributed by atoms with Crippen molar-refractivity contribution in [3.05, 3.63) is 21.8 Å². The Balaban J connectivity index is 1.97. The predicted molar refractivity (Wildman–Crippen MR) is 93.1 cm³/mol. The molecular formula is C15H24BrClN4. The Hall–Kier alpha value is -0.360. The molecular weight excluding hydrogens is 352 g/mol. The Morgan fingerprint density at radius 1 is 1.33 bits per heavy atom. The van der Waals surface area contributed by atoms with Crippen molar-refractivity contribution in [2.24, 2.45) is 5.92 Å². The molecule has 1 unspecified atom stereocenters. The fourth-order valence-corrected chi connectivity index (χ4v) is 3.46. The molecule has 1 atom stereocenters. The molecule has 4 nitrogen and oxygen atoms in total. The highest BCUT2D eigenvalue weighted by Crippen LogP contribution is 2.24. The van der Waals surface area contributed by atoms with E-state index in [1.807, 2.05) is 6.07 Å². The monoisotopic (exact) mass is 374 g/mol. The molecule has 1 aliphatic heterocycles. The van der Waals surface area contributed by atoms with Gasteiger partial charge in [0, 0.05) is 45.0 Å². The van der Waals surface area contributed by atoms with Crippen LogP contribution in [0.5, 0.6) is 0 Å². The van der Waals surface area contributed by atoms with E-state index >= 15 is 0 Å². The Morgan fingerprint density at radius 3 is 2.57 bits per heavy atom. The van der Waals surface area contributed by atoms with Crippen LogP contribution < -0.4 is 5.32 Å². The number of hydrogen-bond acceptors (Lipinski definition) is 4. The van der Waals surface area contributed by atoms with Crippen molar-refractivity contribution in [1.29, 1.82) is 0 Å². The van der Waals surface area contributed by atoms with E-state index in [9.17, 15) is 0 Å². The van der Waals surface area contributed by atoms with Crippen molar-refractivity contribution in [2.45, 2.75) is 19.9 Å². The van der Waals surface area contributed by atoms with E-state index in [-0.39, 0.29) is 0 Å². The van der Waals surface area contributed by atoms with Crippen LogP contribution in [-0.2, 0) is 0 Å². The Bertz CT molecular complexity index is 461. The van der Waals surface area contributed by atoms with Gasteiger partial charge in [0.1, 0.15) is 5.82 Å². The third-order valence-electron chi connectivity index (χ3n) is 4.06. The first-order chi connectivity index (χ1) is 9.97. The third kappa shape index (κ3) is 4.81. The van der Waals surface area contributed by atoms with E-state index < -0.39 is 0 Å². The van der Waals surface area contributed by atoms with Gasteiger partial charge in [-0.2, -0.15) is 0 Å². The zero-order valence-electron chi connectivity index (χ0n) is 12.9. The molecule has 6 heteroatoms. The minimum atomic E-state index is 0.517. The average Bonchev–Trinajstić information content (AvgIpc) is 2.42. The van der Waals surface area contributed by atoms with Crippen molar-refractivity contribution in [1.82, 2.24) is 14.8 Å². The van der Waals surface area contributed by atoms with E-state index in [1.54, 1.807) is 6.20 Å². The second kappa shape index (κ2) is 7.77. The largest absolute Gasteiger partial charge is 0.368 e. The van der Waals surface area contributed by atoms with Gasteiger partial charge in [0.2, 0.25) is 0 Å². The van der Waals surface area contributed by atoms with Gasteiger partial charge in [0.05, 0.1) is 9.50 Å². The highest BCUT2D eigenvalue weighted by atomic mass is 79.9. The number of rotatable bonds is 5. The van der Waals surface area contributed by atoms with Crippen molar-refractivity contribution >= 4 is 33.3 Å². The average molecular weight is 376 g/mol. The van der Waals surface area contributed by atoms with Gasteiger partial charge in [0.15, 0.2) is 0 Å². The van der Waals surface area contributed by atoms with Gasteiger partial charge in [-0.05, 0) is 35.0 Å². The standard InChI is InChI=1S/C15H24BrClN4/c1-11(2)14(21-6-4-20(3)5-7-21)10-19-15-13(16)8-12(17)9-18-15/h8-9,11,14H,4-7,10H2,1-3H3,(H,18,19). The smallest absolute Gasteiger partial charge is 0.140 e.